The Balaban J connectivity index is 2.27. The van der Waals surface area contributed by atoms with E-state index < -0.39 is 11.7 Å². The lowest BCUT2D eigenvalue weighted by atomic mass is 10.0. The molecule has 2 amide bonds. The molecule has 0 aliphatic carbocycles. The Hall–Kier alpha value is -1.30. The molecular formula is C12H22N2O4. The van der Waals surface area contributed by atoms with Gasteiger partial charge in [0.15, 0.2) is 0 Å². The van der Waals surface area contributed by atoms with E-state index in [9.17, 15) is 9.59 Å². The minimum atomic E-state index is -0.506. The van der Waals surface area contributed by atoms with Crippen LogP contribution in [0, 0.1) is 0 Å². The third-order valence-corrected chi connectivity index (χ3v) is 2.52. The topological polar surface area (TPSA) is 90.6 Å². The number of nitrogens with two attached hydrogens (primary N) is 1. The number of carbonyl (C=O) groups is 2. The Morgan fingerprint density at radius 3 is 2.50 bits per heavy atom. The minimum absolute atomic E-state index is 0.0658. The maximum absolute atomic E-state index is 11.5. The van der Waals surface area contributed by atoms with Crippen LogP contribution in [0.25, 0.3) is 0 Å². The van der Waals surface area contributed by atoms with Crippen LogP contribution in [0.5, 0.6) is 0 Å². The van der Waals surface area contributed by atoms with E-state index in [1.54, 1.807) is 0 Å². The number of hydrogen-bond acceptors (Lipinski definition) is 4. The SMILES string of the molecule is CC(C)(C)OC(=O)N[C@@H]1CC[C@@H](CC(N)=O)OC1. The number of alkyl carbamates (subject to hydrolysis) is 1. The van der Waals surface area contributed by atoms with Gasteiger partial charge in [0.2, 0.25) is 5.91 Å². The molecule has 6 nitrogen and oxygen atoms in total. The number of hydrogen-bond donors (Lipinski definition) is 2. The van der Waals surface area contributed by atoms with Gasteiger partial charge in [-0.1, -0.05) is 0 Å². The lowest BCUT2D eigenvalue weighted by Crippen LogP contribution is -2.45. The summed E-state index contributed by atoms with van der Waals surface area (Å²) in [5.41, 5.74) is 4.59. The molecule has 18 heavy (non-hydrogen) atoms. The van der Waals surface area contributed by atoms with Crippen LogP contribution in [0.2, 0.25) is 0 Å². The fraction of sp³-hybridized carbons (Fsp3) is 0.833. The standard InChI is InChI=1S/C12H22N2O4/c1-12(2,3)18-11(16)14-8-4-5-9(17-7-8)6-10(13)15/h8-9H,4-7H2,1-3H3,(H2,13,15)(H,14,16)/t8-,9+/m1/s1. The van der Waals surface area contributed by atoms with Gasteiger partial charge in [-0.3, -0.25) is 4.79 Å². The first-order valence-corrected chi connectivity index (χ1v) is 6.15. The number of carbonyl (C=O) groups excluding carboxylic acids is 2. The highest BCUT2D eigenvalue weighted by Crippen LogP contribution is 2.16. The Morgan fingerprint density at radius 1 is 1.39 bits per heavy atom. The number of ether oxygens (including phenoxy) is 2. The smallest absolute Gasteiger partial charge is 0.407 e. The highest BCUT2D eigenvalue weighted by Gasteiger charge is 2.25. The molecule has 0 saturated carbocycles. The summed E-state index contributed by atoms with van der Waals surface area (Å²) in [5, 5.41) is 2.75. The van der Waals surface area contributed by atoms with Crippen molar-refractivity contribution in [2.24, 2.45) is 5.73 Å². The van der Waals surface area contributed by atoms with Gasteiger partial charge in [-0.25, -0.2) is 4.79 Å². The van der Waals surface area contributed by atoms with E-state index in [1.165, 1.54) is 0 Å². The Bertz CT molecular complexity index is 304. The second-order valence-electron chi connectivity index (χ2n) is 5.55. The van der Waals surface area contributed by atoms with Gasteiger partial charge >= 0.3 is 6.09 Å². The Morgan fingerprint density at radius 2 is 2.06 bits per heavy atom. The van der Waals surface area contributed by atoms with Crippen LogP contribution in [0.3, 0.4) is 0 Å². The average Bonchev–Trinajstić information content (AvgIpc) is 2.17. The highest BCUT2D eigenvalue weighted by molar-refractivity contribution is 5.74. The largest absolute Gasteiger partial charge is 0.444 e. The van der Waals surface area contributed by atoms with Crippen molar-refractivity contribution in [2.75, 3.05) is 6.61 Å². The van der Waals surface area contributed by atoms with Crippen molar-refractivity contribution in [2.45, 2.75) is 57.8 Å². The predicted octanol–water partition coefficient (Wildman–Crippen LogP) is 0.934. The molecular weight excluding hydrogens is 236 g/mol. The molecule has 0 spiro atoms. The van der Waals surface area contributed by atoms with Gasteiger partial charge in [-0.2, -0.15) is 0 Å². The van der Waals surface area contributed by atoms with E-state index in [2.05, 4.69) is 5.32 Å². The molecule has 0 unspecified atom stereocenters. The molecule has 1 aliphatic heterocycles. The molecule has 3 N–H and O–H groups in total. The van der Waals surface area contributed by atoms with Crippen LogP contribution < -0.4 is 11.1 Å². The van der Waals surface area contributed by atoms with Gasteiger partial charge in [0.05, 0.1) is 25.2 Å². The maximum Gasteiger partial charge on any atom is 0.407 e. The van der Waals surface area contributed by atoms with Crippen LogP contribution in [-0.2, 0) is 14.3 Å². The zero-order valence-electron chi connectivity index (χ0n) is 11.2. The Labute approximate surface area is 107 Å². The van der Waals surface area contributed by atoms with Gasteiger partial charge < -0.3 is 20.5 Å². The minimum Gasteiger partial charge on any atom is -0.444 e. The molecule has 1 saturated heterocycles. The molecule has 6 heteroatoms. The van der Waals surface area contributed by atoms with Crippen molar-refractivity contribution in [3.63, 3.8) is 0 Å². The molecule has 0 aromatic carbocycles. The highest BCUT2D eigenvalue weighted by atomic mass is 16.6. The van der Waals surface area contributed by atoms with E-state index in [0.29, 0.717) is 13.0 Å². The van der Waals surface area contributed by atoms with Crippen molar-refractivity contribution in [3.05, 3.63) is 0 Å². The van der Waals surface area contributed by atoms with Crippen LogP contribution >= 0.6 is 0 Å². The van der Waals surface area contributed by atoms with Crippen LogP contribution in [0.1, 0.15) is 40.0 Å². The molecule has 104 valence electrons. The lowest BCUT2D eigenvalue weighted by Gasteiger charge is -2.29. The van der Waals surface area contributed by atoms with Crippen LogP contribution in [0.4, 0.5) is 4.79 Å². The molecule has 0 aromatic rings. The van der Waals surface area contributed by atoms with E-state index >= 15 is 0 Å². The molecule has 1 fully saturated rings. The van der Waals surface area contributed by atoms with Gasteiger partial charge in [0.1, 0.15) is 5.60 Å². The zero-order chi connectivity index (χ0) is 13.8. The van der Waals surface area contributed by atoms with Crippen LogP contribution in [0.15, 0.2) is 0 Å². The fourth-order valence-electron chi connectivity index (χ4n) is 1.78. The fourth-order valence-corrected chi connectivity index (χ4v) is 1.78. The van der Waals surface area contributed by atoms with Crippen molar-refractivity contribution in [1.29, 1.82) is 0 Å². The summed E-state index contributed by atoms with van der Waals surface area (Å²) in [6, 6.07) is -0.0658. The third kappa shape index (κ3) is 5.86. The van der Waals surface area contributed by atoms with E-state index in [0.717, 1.165) is 6.42 Å². The summed E-state index contributed by atoms with van der Waals surface area (Å²) in [4.78, 5) is 22.3. The number of amides is 2. The molecule has 2 atom stereocenters. The van der Waals surface area contributed by atoms with E-state index in [4.69, 9.17) is 15.2 Å². The second-order valence-corrected chi connectivity index (χ2v) is 5.55. The van der Waals surface area contributed by atoms with Crippen molar-refractivity contribution in [1.82, 2.24) is 5.32 Å². The lowest BCUT2D eigenvalue weighted by molar-refractivity contribution is -0.122. The first-order valence-electron chi connectivity index (χ1n) is 6.15. The zero-order valence-corrected chi connectivity index (χ0v) is 11.2. The first kappa shape index (κ1) is 14.8. The van der Waals surface area contributed by atoms with Crippen molar-refractivity contribution in [3.8, 4) is 0 Å². The monoisotopic (exact) mass is 258 g/mol. The molecule has 1 heterocycles. The number of nitrogens with one attached hydrogen (secondary N) is 1. The summed E-state index contributed by atoms with van der Waals surface area (Å²) in [6.45, 7) is 5.82. The number of rotatable bonds is 3. The van der Waals surface area contributed by atoms with E-state index in [-0.39, 0.29) is 24.5 Å². The number of primary amides is 1. The summed E-state index contributed by atoms with van der Waals surface area (Å²) in [6.07, 6.45) is 1.14. The summed E-state index contributed by atoms with van der Waals surface area (Å²) in [7, 11) is 0. The van der Waals surface area contributed by atoms with Gasteiger partial charge in [0, 0.05) is 0 Å². The molecule has 0 aromatic heterocycles. The Kier molecular flexibility index (Phi) is 4.95. The summed E-state index contributed by atoms with van der Waals surface area (Å²) >= 11 is 0. The first-order chi connectivity index (χ1) is 8.26. The van der Waals surface area contributed by atoms with Gasteiger partial charge in [0.25, 0.3) is 0 Å². The maximum atomic E-state index is 11.5. The van der Waals surface area contributed by atoms with Crippen LogP contribution in [-0.4, -0.2) is 36.4 Å². The summed E-state index contributed by atoms with van der Waals surface area (Å²) in [5.74, 6) is -0.362. The quantitative estimate of drug-likeness (QED) is 0.788. The molecule has 1 rings (SSSR count). The molecule has 1 aliphatic rings. The third-order valence-electron chi connectivity index (χ3n) is 2.52. The predicted molar refractivity (Wildman–Crippen MR) is 65.9 cm³/mol. The molecule has 0 radical (unpaired) electrons. The molecule has 0 bridgehead atoms. The van der Waals surface area contributed by atoms with Crippen molar-refractivity contribution < 1.29 is 19.1 Å². The second kappa shape index (κ2) is 6.04. The summed E-state index contributed by atoms with van der Waals surface area (Å²) < 4.78 is 10.6. The average molecular weight is 258 g/mol. The normalized spacial score (nSPS) is 24.4. The van der Waals surface area contributed by atoms with E-state index in [1.807, 2.05) is 20.8 Å². The van der Waals surface area contributed by atoms with Gasteiger partial charge in [-0.05, 0) is 33.6 Å². The van der Waals surface area contributed by atoms with Gasteiger partial charge in [-0.15, -0.1) is 0 Å². The van der Waals surface area contributed by atoms with Crippen molar-refractivity contribution >= 4 is 12.0 Å².